The van der Waals surface area contributed by atoms with E-state index in [0.717, 1.165) is 21.8 Å². The fourth-order valence-corrected chi connectivity index (χ4v) is 3.29. The quantitative estimate of drug-likeness (QED) is 0.394. The Morgan fingerprint density at radius 2 is 1.83 bits per heavy atom. The Kier molecular flexibility index (Phi) is 5.03. The highest BCUT2D eigenvalue weighted by molar-refractivity contribution is 6.30. The van der Waals surface area contributed by atoms with Gasteiger partial charge in [-0.15, -0.1) is 0 Å². The standard InChI is InChI=1S/C22H19ClN2O4/c1-12(2)27-22(26)29-21-13(3)19-17(11-24-21)25-16-5-4-6-18(20(16)19)28-15-9-7-14(23)8-10-15/h4-12,25H,1-3H3. The smallest absolute Gasteiger partial charge is 0.457 e. The number of rotatable bonds is 4. The normalized spacial score (nSPS) is 11.2. The SMILES string of the molecule is Cc1c(OC(=O)OC(C)C)ncc2[nH]c3cccc(Oc4ccc(Cl)cc4)c3c12. The average Bonchev–Trinajstić information content (AvgIpc) is 3.05. The highest BCUT2D eigenvalue weighted by atomic mass is 35.5. The Hall–Kier alpha value is -3.25. The molecule has 2 heterocycles. The molecule has 0 aliphatic heterocycles. The third kappa shape index (κ3) is 3.84. The number of H-pyrrole nitrogens is 1. The van der Waals surface area contributed by atoms with Crippen LogP contribution in [0.25, 0.3) is 21.8 Å². The number of carbonyl (C=O) groups excluding carboxylic acids is 1. The van der Waals surface area contributed by atoms with Crippen LogP contribution in [0.2, 0.25) is 5.02 Å². The van der Waals surface area contributed by atoms with E-state index in [0.29, 0.717) is 22.1 Å². The molecule has 0 atom stereocenters. The molecule has 0 fully saturated rings. The lowest BCUT2D eigenvalue weighted by Gasteiger charge is -2.11. The minimum atomic E-state index is -0.785. The number of ether oxygens (including phenoxy) is 3. The molecule has 148 valence electrons. The summed E-state index contributed by atoms with van der Waals surface area (Å²) in [7, 11) is 0. The van der Waals surface area contributed by atoms with Gasteiger partial charge in [-0.3, -0.25) is 0 Å². The average molecular weight is 411 g/mol. The molecule has 4 rings (SSSR count). The molecule has 1 N–H and O–H groups in total. The van der Waals surface area contributed by atoms with Gasteiger partial charge in [0.15, 0.2) is 0 Å². The number of aryl methyl sites for hydroxylation is 1. The van der Waals surface area contributed by atoms with Crippen molar-refractivity contribution in [3.8, 4) is 17.4 Å². The van der Waals surface area contributed by atoms with Gasteiger partial charge in [0.05, 0.1) is 28.7 Å². The van der Waals surface area contributed by atoms with Gasteiger partial charge in [0.2, 0.25) is 5.88 Å². The van der Waals surface area contributed by atoms with Crippen LogP contribution in [0.4, 0.5) is 4.79 Å². The maximum absolute atomic E-state index is 11.9. The summed E-state index contributed by atoms with van der Waals surface area (Å²) >= 11 is 5.96. The summed E-state index contributed by atoms with van der Waals surface area (Å²) in [5.41, 5.74) is 2.41. The van der Waals surface area contributed by atoms with Crippen molar-refractivity contribution in [2.24, 2.45) is 0 Å². The number of benzene rings is 2. The van der Waals surface area contributed by atoms with E-state index in [1.807, 2.05) is 25.1 Å². The molecule has 6 nitrogen and oxygen atoms in total. The van der Waals surface area contributed by atoms with Crippen LogP contribution >= 0.6 is 11.6 Å². The first-order valence-corrected chi connectivity index (χ1v) is 9.52. The van der Waals surface area contributed by atoms with Crippen LogP contribution < -0.4 is 9.47 Å². The van der Waals surface area contributed by atoms with Crippen molar-refractivity contribution in [2.45, 2.75) is 26.9 Å². The number of halogens is 1. The number of nitrogens with one attached hydrogen (secondary N) is 1. The molecule has 0 unspecified atom stereocenters. The molecule has 4 aromatic rings. The molecule has 0 spiro atoms. The van der Waals surface area contributed by atoms with Crippen LogP contribution in [-0.2, 0) is 4.74 Å². The summed E-state index contributed by atoms with van der Waals surface area (Å²) < 4.78 is 16.5. The minimum absolute atomic E-state index is 0.199. The van der Waals surface area contributed by atoms with Gasteiger partial charge in [0, 0.05) is 16.0 Å². The van der Waals surface area contributed by atoms with E-state index in [1.54, 1.807) is 44.3 Å². The molecule has 0 saturated heterocycles. The number of fused-ring (bicyclic) bond motifs is 3. The van der Waals surface area contributed by atoms with Crippen molar-refractivity contribution in [1.82, 2.24) is 9.97 Å². The van der Waals surface area contributed by atoms with E-state index in [1.165, 1.54) is 0 Å². The van der Waals surface area contributed by atoms with Gasteiger partial charge in [-0.05, 0) is 57.2 Å². The molecule has 0 aliphatic carbocycles. The fourth-order valence-electron chi connectivity index (χ4n) is 3.16. The molecule has 2 aromatic carbocycles. The molecule has 0 aliphatic rings. The summed E-state index contributed by atoms with van der Waals surface area (Å²) in [6.07, 6.45) is 0.568. The second kappa shape index (κ2) is 7.64. The molecule has 0 radical (unpaired) electrons. The Labute approximate surface area is 172 Å². The lowest BCUT2D eigenvalue weighted by Crippen LogP contribution is -2.16. The molecular formula is C22H19ClN2O4. The van der Waals surface area contributed by atoms with Crippen LogP contribution in [0.5, 0.6) is 17.4 Å². The lowest BCUT2D eigenvalue weighted by molar-refractivity contribution is 0.0714. The van der Waals surface area contributed by atoms with Crippen LogP contribution in [0, 0.1) is 6.92 Å². The summed E-state index contributed by atoms with van der Waals surface area (Å²) in [6.45, 7) is 5.36. The van der Waals surface area contributed by atoms with Crippen molar-refractivity contribution in [2.75, 3.05) is 0 Å². The minimum Gasteiger partial charge on any atom is -0.457 e. The zero-order chi connectivity index (χ0) is 20.5. The van der Waals surface area contributed by atoms with E-state index in [-0.39, 0.29) is 12.0 Å². The van der Waals surface area contributed by atoms with E-state index >= 15 is 0 Å². The van der Waals surface area contributed by atoms with Gasteiger partial charge in [-0.1, -0.05) is 17.7 Å². The van der Waals surface area contributed by atoms with Gasteiger partial charge in [-0.25, -0.2) is 9.78 Å². The second-order valence-electron chi connectivity index (χ2n) is 6.86. The van der Waals surface area contributed by atoms with Crippen LogP contribution in [0.1, 0.15) is 19.4 Å². The predicted molar refractivity (Wildman–Crippen MR) is 112 cm³/mol. The van der Waals surface area contributed by atoms with Crippen molar-refractivity contribution < 1.29 is 19.0 Å². The largest absolute Gasteiger partial charge is 0.515 e. The number of pyridine rings is 1. The van der Waals surface area contributed by atoms with Crippen molar-refractivity contribution >= 4 is 39.6 Å². The maximum Gasteiger partial charge on any atom is 0.515 e. The lowest BCUT2D eigenvalue weighted by atomic mass is 10.1. The maximum atomic E-state index is 11.9. The molecule has 2 aromatic heterocycles. The molecule has 7 heteroatoms. The summed E-state index contributed by atoms with van der Waals surface area (Å²) in [4.78, 5) is 19.5. The highest BCUT2D eigenvalue weighted by Gasteiger charge is 2.18. The first-order chi connectivity index (χ1) is 13.9. The van der Waals surface area contributed by atoms with Crippen molar-refractivity contribution in [1.29, 1.82) is 0 Å². The third-order valence-corrected chi connectivity index (χ3v) is 4.63. The summed E-state index contributed by atoms with van der Waals surface area (Å²) in [5, 5.41) is 2.38. The Morgan fingerprint density at radius 1 is 1.07 bits per heavy atom. The number of hydrogen-bond donors (Lipinski definition) is 1. The first kappa shape index (κ1) is 19.1. The second-order valence-corrected chi connectivity index (χ2v) is 7.29. The van der Waals surface area contributed by atoms with Gasteiger partial charge < -0.3 is 19.2 Å². The highest BCUT2D eigenvalue weighted by Crippen LogP contribution is 2.39. The fraction of sp³-hybridized carbons (Fsp3) is 0.182. The van der Waals surface area contributed by atoms with Gasteiger partial charge in [-0.2, -0.15) is 0 Å². The molecule has 0 bridgehead atoms. The number of aromatic nitrogens is 2. The van der Waals surface area contributed by atoms with Gasteiger partial charge in [0.25, 0.3) is 0 Å². The zero-order valence-corrected chi connectivity index (χ0v) is 16.9. The predicted octanol–water partition coefficient (Wildman–Crippen LogP) is 6.39. The van der Waals surface area contributed by atoms with E-state index in [2.05, 4.69) is 9.97 Å². The van der Waals surface area contributed by atoms with Gasteiger partial charge in [0.1, 0.15) is 11.5 Å². The van der Waals surface area contributed by atoms with E-state index in [4.69, 9.17) is 25.8 Å². The molecule has 29 heavy (non-hydrogen) atoms. The van der Waals surface area contributed by atoms with Crippen LogP contribution in [0.15, 0.2) is 48.7 Å². The number of carbonyl (C=O) groups is 1. The molecule has 0 saturated carbocycles. The Morgan fingerprint density at radius 3 is 2.55 bits per heavy atom. The number of nitrogens with zero attached hydrogens (tertiary/aromatic N) is 1. The van der Waals surface area contributed by atoms with E-state index < -0.39 is 6.16 Å². The van der Waals surface area contributed by atoms with Crippen LogP contribution in [-0.4, -0.2) is 22.2 Å². The monoisotopic (exact) mass is 410 g/mol. The molecular weight excluding hydrogens is 392 g/mol. The number of hydrogen-bond acceptors (Lipinski definition) is 5. The Bertz CT molecular complexity index is 1200. The van der Waals surface area contributed by atoms with E-state index in [9.17, 15) is 4.79 Å². The third-order valence-electron chi connectivity index (χ3n) is 4.37. The van der Waals surface area contributed by atoms with Crippen molar-refractivity contribution in [3.05, 3.63) is 59.2 Å². The topological polar surface area (TPSA) is 73.4 Å². The first-order valence-electron chi connectivity index (χ1n) is 9.14. The van der Waals surface area contributed by atoms with Crippen molar-refractivity contribution in [3.63, 3.8) is 0 Å². The summed E-state index contributed by atoms with van der Waals surface area (Å²) in [6, 6.07) is 12.9. The summed E-state index contributed by atoms with van der Waals surface area (Å²) in [5.74, 6) is 1.53. The number of aromatic amines is 1. The van der Waals surface area contributed by atoms with Crippen LogP contribution in [0.3, 0.4) is 0 Å². The van der Waals surface area contributed by atoms with Gasteiger partial charge >= 0.3 is 6.16 Å². The zero-order valence-electron chi connectivity index (χ0n) is 16.2. The Balaban J connectivity index is 1.80. The molecule has 0 amide bonds.